The molecule has 3 fully saturated rings. The standard InChI is InChI=1S/C14H23N3O3/c18-13(19)11-2-1-5-17(10-11)14(20)16-8-6-15(7-9-16)12-3-4-12/h11-12H,1-10H2,(H,18,19). The molecule has 3 aliphatic rings. The second kappa shape index (κ2) is 5.60. The van der Waals surface area contributed by atoms with Crippen molar-refractivity contribution < 1.29 is 14.7 Å². The number of aliphatic carboxylic acids is 1. The van der Waals surface area contributed by atoms with Crippen LogP contribution in [-0.2, 0) is 4.79 Å². The van der Waals surface area contributed by atoms with Crippen LogP contribution in [0.4, 0.5) is 4.79 Å². The van der Waals surface area contributed by atoms with E-state index >= 15 is 0 Å². The summed E-state index contributed by atoms with van der Waals surface area (Å²) in [5, 5.41) is 9.09. The number of urea groups is 1. The summed E-state index contributed by atoms with van der Waals surface area (Å²) in [5.41, 5.74) is 0. The van der Waals surface area contributed by atoms with Gasteiger partial charge in [-0.3, -0.25) is 9.69 Å². The highest BCUT2D eigenvalue weighted by Crippen LogP contribution is 2.27. The molecule has 2 heterocycles. The molecule has 1 N–H and O–H groups in total. The lowest BCUT2D eigenvalue weighted by Crippen LogP contribution is -2.55. The maximum absolute atomic E-state index is 12.5. The Morgan fingerprint density at radius 1 is 0.900 bits per heavy atom. The van der Waals surface area contributed by atoms with Gasteiger partial charge in [0.2, 0.25) is 0 Å². The van der Waals surface area contributed by atoms with Gasteiger partial charge in [0.25, 0.3) is 0 Å². The predicted octanol–water partition coefficient (Wildman–Crippen LogP) is 0.683. The fourth-order valence-electron chi connectivity index (χ4n) is 3.27. The first-order valence-corrected chi connectivity index (χ1v) is 7.66. The zero-order chi connectivity index (χ0) is 14.1. The number of hydrogen-bond donors (Lipinski definition) is 1. The van der Waals surface area contributed by atoms with Crippen molar-refractivity contribution in [3.8, 4) is 0 Å². The number of hydrogen-bond acceptors (Lipinski definition) is 3. The number of likely N-dealkylation sites (tertiary alicyclic amines) is 1. The monoisotopic (exact) mass is 281 g/mol. The summed E-state index contributed by atoms with van der Waals surface area (Å²) >= 11 is 0. The molecule has 2 amide bonds. The molecule has 1 unspecified atom stereocenters. The zero-order valence-corrected chi connectivity index (χ0v) is 11.8. The van der Waals surface area contributed by atoms with Gasteiger partial charge in [-0.15, -0.1) is 0 Å². The lowest BCUT2D eigenvalue weighted by atomic mass is 9.98. The first-order valence-electron chi connectivity index (χ1n) is 7.66. The van der Waals surface area contributed by atoms with Gasteiger partial charge in [-0.2, -0.15) is 0 Å². The van der Waals surface area contributed by atoms with Gasteiger partial charge in [-0.05, 0) is 25.7 Å². The highest BCUT2D eigenvalue weighted by molar-refractivity contribution is 5.76. The van der Waals surface area contributed by atoms with Crippen molar-refractivity contribution in [1.82, 2.24) is 14.7 Å². The van der Waals surface area contributed by atoms with Gasteiger partial charge in [-0.25, -0.2) is 4.79 Å². The molecular formula is C14H23N3O3. The van der Waals surface area contributed by atoms with Crippen LogP contribution in [0.15, 0.2) is 0 Å². The fraction of sp³-hybridized carbons (Fsp3) is 0.857. The van der Waals surface area contributed by atoms with Crippen LogP contribution >= 0.6 is 0 Å². The topological polar surface area (TPSA) is 64.1 Å². The number of nitrogens with zero attached hydrogens (tertiary/aromatic N) is 3. The molecule has 2 saturated heterocycles. The molecule has 0 aromatic rings. The van der Waals surface area contributed by atoms with Crippen molar-refractivity contribution in [3.05, 3.63) is 0 Å². The maximum atomic E-state index is 12.5. The van der Waals surface area contributed by atoms with Crippen molar-refractivity contribution in [2.75, 3.05) is 39.3 Å². The highest BCUT2D eigenvalue weighted by atomic mass is 16.4. The van der Waals surface area contributed by atoms with Crippen LogP contribution in [0.3, 0.4) is 0 Å². The van der Waals surface area contributed by atoms with E-state index in [2.05, 4.69) is 4.90 Å². The molecule has 0 aromatic heterocycles. The van der Waals surface area contributed by atoms with Gasteiger partial charge in [0, 0.05) is 45.3 Å². The average Bonchev–Trinajstić information content (AvgIpc) is 3.31. The van der Waals surface area contributed by atoms with Crippen molar-refractivity contribution in [2.24, 2.45) is 5.92 Å². The van der Waals surface area contributed by atoms with Crippen LogP contribution in [0.5, 0.6) is 0 Å². The van der Waals surface area contributed by atoms with Crippen LogP contribution in [0.1, 0.15) is 25.7 Å². The summed E-state index contributed by atoms with van der Waals surface area (Å²) < 4.78 is 0. The molecular weight excluding hydrogens is 258 g/mol. The third-order valence-corrected chi connectivity index (χ3v) is 4.69. The number of carboxylic acids is 1. The molecule has 0 radical (unpaired) electrons. The Labute approximate surface area is 119 Å². The van der Waals surface area contributed by atoms with Crippen molar-refractivity contribution in [2.45, 2.75) is 31.7 Å². The first-order chi connectivity index (χ1) is 9.65. The lowest BCUT2D eigenvalue weighted by molar-refractivity contribution is -0.143. The Hall–Kier alpha value is -1.30. The molecule has 0 bridgehead atoms. The van der Waals surface area contributed by atoms with Crippen molar-refractivity contribution >= 4 is 12.0 Å². The minimum absolute atomic E-state index is 0.0337. The Balaban J connectivity index is 1.52. The van der Waals surface area contributed by atoms with E-state index in [1.165, 1.54) is 12.8 Å². The average molecular weight is 281 g/mol. The molecule has 1 aliphatic carbocycles. The minimum Gasteiger partial charge on any atom is -0.481 e. The van der Waals surface area contributed by atoms with E-state index in [-0.39, 0.29) is 11.9 Å². The van der Waals surface area contributed by atoms with Gasteiger partial charge in [0.05, 0.1) is 5.92 Å². The molecule has 20 heavy (non-hydrogen) atoms. The van der Waals surface area contributed by atoms with Gasteiger partial charge in [0.1, 0.15) is 0 Å². The van der Waals surface area contributed by atoms with E-state index in [9.17, 15) is 9.59 Å². The molecule has 1 atom stereocenters. The Bertz CT molecular complexity index is 389. The third-order valence-electron chi connectivity index (χ3n) is 4.69. The highest BCUT2D eigenvalue weighted by Gasteiger charge is 2.35. The maximum Gasteiger partial charge on any atom is 0.320 e. The van der Waals surface area contributed by atoms with E-state index in [4.69, 9.17) is 5.11 Å². The number of rotatable bonds is 2. The van der Waals surface area contributed by atoms with Crippen LogP contribution in [0.25, 0.3) is 0 Å². The largest absolute Gasteiger partial charge is 0.481 e. The Morgan fingerprint density at radius 3 is 2.20 bits per heavy atom. The van der Waals surface area contributed by atoms with E-state index in [1.807, 2.05) is 4.90 Å². The van der Waals surface area contributed by atoms with Crippen molar-refractivity contribution in [3.63, 3.8) is 0 Å². The SMILES string of the molecule is O=C(O)C1CCCN(C(=O)N2CCN(C3CC3)CC2)C1. The normalized spacial score (nSPS) is 28.5. The van der Waals surface area contributed by atoms with Gasteiger partial charge in [-0.1, -0.05) is 0 Å². The smallest absolute Gasteiger partial charge is 0.320 e. The van der Waals surface area contributed by atoms with Gasteiger partial charge < -0.3 is 14.9 Å². The second-order valence-corrected chi connectivity index (χ2v) is 6.16. The number of piperazine rings is 1. The molecule has 6 nitrogen and oxygen atoms in total. The molecule has 0 aromatic carbocycles. The Kier molecular flexibility index (Phi) is 3.83. The number of amides is 2. The zero-order valence-electron chi connectivity index (χ0n) is 11.8. The third kappa shape index (κ3) is 2.90. The van der Waals surface area contributed by atoms with E-state index in [1.54, 1.807) is 4.90 Å². The predicted molar refractivity (Wildman–Crippen MR) is 73.5 cm³/mol. The second-order valence-electron chi connectivity index (χ2n) is 6.16. The van der Waals surface area contributed by atoms with Crippen LogP contribution < -0.4 is 0 Å². The molecule has 112 valence electrons. The van der Waals surface area contributed by atoms with Crippen molar-refractivity contribution in [1.29, 1.82) is 0 Å². The first kappa shape index (κ1) is 13.7. The summed E-state index contributed by atoms with van der Waals surface area (Å²) in [6.45, 7) is 4.56. The molecule has 3 rings (SSSR count). The molecule has 6 heteroatoms. The number of carbonyl (C=O) groups is 2. The summed E-state index contributed by atoms with van der Waals surface area (Å²) in [4.78, 5) is 29.6. The van der Waals surface area contributed by atoms with E-state index < -0.39 is 5.97 Å². The quantitative estimate of drug-likeness (QED) is 0.808. The van der Waals surface area contributed by atoms with Crippen LogP contribution in [-0.4, -0.2) is 77.1 Å². The van der Waals surface area contributed by atoms with Gasteiger partial charge >= 0.3 is 12.0 Å². The Morgan fingerprint density at radius 2 is 1.60 bits per heavy atom. The van der Waals surface area contributed by atoms with E-state index in [0.717, 1.165) is 38.6 Å². The minimum atomic E-state index is -0.777. The summed E-state index contributed by atoms with van der Waals surface area (Å²) in [5.74, 6) is -1.17. The molecule has 1 saturated carbocycles. The molecule has 0 spiro atoms. The summed E-state index contributed by atoms with van der Waals surface area (Å²) in [6.07, 6.45) is 4.10. The number of carbonyl (C=O) groups excluding carboxylic acids is 1. The summed E-state index contributed by atoms with van der Waals surface area (Å²) in [6, 6.07) is 0.796. The van der Waals surface area contributed by atoms with Crippen LogP contribution in [0.2, 0.25) is 0 Å². The summed E-state index contributed by atoms with van der Waals surface area (Å²) in [7, 11) is 0. The fourth-order valence-corrected chi connectivity index (χ4v) is 3.27. The number of piperidine rings is 1. The number of carboxylic acid groups (broad SMARTS) is 1. The van der Waals surface area contributed by atoms with E-state index in [0.29, 0.717) is 19.5 Å². The van der Waals surface area contributed by atoms with Crippen LogP contribution in [0, 0.1) is 5.92 Å². The lowest BCUT2D eigenvalue weighted by Gasteiger charge is -2.39. The molecule has 2 aliphatic heterocycles. The van der Waals surface area contributed by atoms with Gasteiger partial charge in [0.15, 0.2) is 0 Å².